The van der Waals surface area contributed by atoms with Crippen molar-refractivity contribution in [1.29, 1.82) is 5.26 Å². The molecule has 0 aliphatic rings. The molecule has 1 amide bonds. The van der Waals surface area contributed by atoms with Crippen LogP contribution in [0, 0.1) is 11.3 Å². The fourth-order valence-corrected chi connectivity index (χ4v) is 1.95. The number of nitrogens with zero attached hydrogens (tertiary/aromatic N) is 2. The molecule has 14 heavy (non-hydrogen) atoms. The van der Waals surface area contributed by atoms with Crippen LogP contribution < -0.4 is 5.32 Å². The van der Waals surface area contributed by atoms with Gasteiger partial charge in [0.2, 0.25) is 0 Å². The summed E-state index contributed by atoms with van der Waals surface area (Å²) >= 11 is 6.42. The lowest BCUT2D eigenvalue weighted by molar-refractivity contribution is 0.0952. The maximum atomic E-state index is 11.4. The Labute approximate surface area is 97.6 Å². The predicted molar refractivity (Wildman–Crippen MR) is 57.6 cm³/mol. The highest BCUT2D eigenvalue weighted by Gasteiger charge is 2.10. The molecule has 6 heteroatoms. The number of pyridine rings is 1. The molecule has 0 fully saturated rings. The van der Waals surface area contributed by atoms with Crippen molar-refractivity contribution >= 4 is 37.8 Å². The van der Waals surface area contributed by atoms with Gasteiger partial charge in [-0.2, -0.15) is 5.26 Å². The first kappa shape index (κ1) is 11.1. The fraction of sp³-hybridized carbons (Fsp3) is 0.125. The summed E-state index contributed by atoms with van der Waals surface area (Å²) in [5, 5.41) is 10.7. The lowest BCUT2D eigenvalue weighted by atomic mass is 10.3. The van der Waals surface area contributed by atoms with E-state index in [4.69, 9.17) is 5.26 Å². The predicted octanol–water partition coefficient (Wildman–Crippen LogP) is 1.86. The Morgan fingerprint density at radius 2 is 2.36 bits per heavy atom. The Bertz CT molecular complexity index is 400. The summed E-state index contributed by atoms with van der Waals surface area (Å²) in [7, 11) is 0. The minimum atomic E-state index is -0.370. The Kier molecular flexibility index (Phi) is 4.04. The van der Waals surface area contributed by atoms with E-state index >= 15 is 0 Å². The molecule has 1 aromatic heterocycles. The minimum Gasteiger partial charge on any atom is -0.338 e. The lowest BCUT2D eigenvalue weighted by Gasteiger charge is -2.02. The van der Waals surface area contributed by atoms with Crippen molar-refractivity contribution in [2.24, 2.45) is 0 Å². The van der Waals surface area contributed by atoms with Crippen LogP contribution in [0.4, 0.5) is 0 Å². The number of aromatic nitrogens is 1. The summed E-state index contributed by atoms with van der Waals surface area (Å²) in [6, 6.07) is 3.53. The smallest absolute Gasteiger partial charge is 0.271 e. The maximum Gasteiger partial charge on any atom is 0.271 e. The first-order valence-electron chi connectivity index (χ1n) is 3.61. The van der Waals surface area contributed by atoms with Crippen molar-refractivity contribution in [1.82, 2.24) is 10.3 Å². The standard InChI is InChI=1S/C8H5Br2N3O/c9-5-3-6(10)7(13-4-5)8(14)12-2-1-11/h3-4H,2H2,(H,12,14). The van der Waals surface area contributed by atoms with Gasteiger partial charge < -0.3 is 5.32 Å². The zero-order chi connectivity index (χ0) is 10.6. The Morgan fingerprint density at radius 3 is 2.93 bits per heavy atom. The number of amides is 1. The zero-order valence-corrected chi connectivity index (χ0v) is 10.1. The van der Waals surface area contributed by atoms with Gasteiger partial charge in [0.1, 0.15) is 12.2 Å². The highest BCUT2D eigenvalue weighted by Crippen LogP contribution is 2.19. The van der Waals surface area contributed by atoms with Crippen molar-refractivity contribution in [2.45, 2.75) is 0 Å². The van der Waals surface area contributed by atoms with Crippen LogP contribution in [0.1, 0.15) is 10.5 Å². The molecule has 0 aliphatic heterocycles. The van der Waals surface area contributed by atoms with E-state index in [2.05, 4.69) is 42.2 Å². The second-order valence-electron chi connectivity index (χ2n) is 2.32. The summed E-state index contributed by atoms with van der Waals surface area (Å²) in [5.74, 6) is -0.370. The lowest BCUT2D eigenvalue weighted by Crippen LogP contribution is -2.24. The molecular formula is C8H5Br2N3O. The first-order chi connectivity index (χ1) is 6.65. The van der Waals surface area contributed by atoms with Crippen LogP contribution in [0.25, 0.3) is 0 Å². The molecule has 0 aliphatic carbocycles. The average molecular weight is 319 g/mol. The molecule has 0 unspecified atom stereocenters. The van der Waals surface area contributed by atoms with Crippen LogP contribution >= 0.6 is 31.9 Å². The molecule has 1 aromatic rings. The van der Waals surface area contributed by atoms with Crippen molar-refractivity contribution in [3.8, 4) is 6.07 Å². The van der Waals surface area contributed by atoms with E-state index in [1.165, 1.54) is 6.20 Å². The molecule has 0 bridgehead atoms. The van der Waals surface area contributed by atoms with Gasteiger partial charge in [0.05, 0.1) is 10.5 Å². The van der Waals surface area contributed by atoms with Crippen LogP contribution in [-0.4, -0.2) is 17.4 Å². The second-order valence-corrected chi connectivity index (χ2v) is 4.09. The van der Waals surface area contributed by atoms with Gasteiger partial charge >= 0.3 is 0 Å². The normalized spacial score (nSPS) is 9.21. The summed E-state index contributed by atoms with van der Waals surface area (Å²) in [5.41, 5.74) is 0.267. The summed E-state index contributed by atoms with van der Waals surface area (Å²) < 4.78 is 1.36. The van der Waals surface area contributed by atoms with Crippen LogP contribution in [-0.2, 0) is 0 Å². The molecule has 1 heterocycles. The zero-order valence-electron chi connectivity index (χ0n) is 6.92. The van der Waals surface area contributed by atoms with Crippen LogP contribution in [0.3, 0.4) is 0 Å². The van der Waals surface area contributed by atoms with Crippen molar-refractivity contribution in [2.75, 3.05) is 6.54 Å². The minimum absolute atomic E-state index is 0.0248. The van der Waals surface area contributed by atoms with E-state index < -0.39 is 0 Å². The molecule has 0 atom stereocenters. The molecule has 1 N–H and O–H groups in total. The van der Waals surface area contributed by atoms with Gasteiger partial charge in [0.25, 0.3) is 5.91 Å². The first-order valence-corrected chi connectivity index (χ1v) is 5.20. The number of nitriles is 1. The summed E-state index contributed by atoms with van der Waals surface area (Å²) in [6.07, 6.45) is 1.52. The van der Waals surface area contributed by atoms with Crippen LogP contribution in [0.2, 0.25) is 0 Å². The monoisotopic (exact) mass is 317 g/mol. The average Bonchev–Trinajstić information content (AvgIpc) is 2.14. The van der Waals surface area contributed by atoms with Crippen LogP contribution in [0.5, 0.6) is 0 Å². The van der Waals surface area contributed by atoms with E-state index in [0.717, 1.165) is 4.47 Å². The number of rotatable bonds is 2. The highest BCUT2D eigenvalue weighted by atomic mass is 79.9. The quantitative estimate of drug-likeness (QED) is 0.846. The maximum absolute atomic E-state index is 11.4. The molecule has 0 saturated heterocycles. The van der Waals surface area contributed by atoms with Gasteiger partial charge in [-0.15, -0.1) is 0 Å². The summed E-state index contributed by atoms with van der Waals surface area (Å²) in [4.78, 5) is 15.3. The van der Waals surface area contributed by atoms with E-state index in [1.807, 2.05) is 6.07 Å². The molecule has 0 radical (unpaired) electrons. The molecule has 4 nitrogen and oxygen atoms in total. The third-order valence-corrected chi connectivity index (χ3v) is 2.39. The molecule has 0 spiro atoms. The number of halogens is 2. The van der Waals surface area contributed by atoms with E-state index in [1.54, 1.807) is 6.07 Å². The topological polar surface area (TPSA) is 65.8 Å². The molecule has 72 valence electrons. The molecule has 0 saturated carbocycles. The van der Waals surface area contributed by atoms with E-state index in [0.29, 0.717) is 4.47 Å². The Morgan fingerprint density at radius 1 is 1.64 bits per heavy atom. The number of hydrogen-bond donors (Lipinski definition) is 1. The largest absolute Gasteiger partial charge is 0.338 e. The van der Waals surface area contributed by atoms with Gasteiger partial charge in [-0.25, -0.2) is 4.98 Å². The fourth-order valence-electron chi connectivity index (χ4n) is 0.785. The number of hydrogen-bond acceptors (Lipinski definition) is 3. The number of carbonyl (C=O) groups is 1. The van der Waals surface area contributed by atoms with Crippen molar-refractivity contribution in [3.05, 3.63) is 26.9 Å². The van der Waals surface area contributed by atoms with E-state index in [-0.39, 0.29) is 18.1 Å². The summed E-state index contributed by atoms with van der Waals surface area (Å²) in [6.45, 7) is -0.0248. The van der Waals surface area contributed by atoms with Gasteiger partial charge in [-0.3, -0.25) is 4.79 Å². The highest BCUT2D eigenvalue weighted by molar-refractivity contribution is 9.11. The Balaban J connectivity index is 2.86. The van der Waals surface area contributed by atoms with Crippen molar-refractivity contribution in [3.63, 3.8) is 0 Å². The second kappa shape index (κ2) is 5.08. The number of carbonyl (C=O) groups excluding carboxylic acids is 1. The van der Waals surface area contributed by atoms with Gasteiger partial charge in [0, 0.05) is 10.7 Å². The third kappa shape index (κ3) is 2.79. The third-order valence-electron chi connectivity index (χ3n) is 1.35. The number of nitrogens with one attached hydrogen (secondary N) is 1. The van der Waals surface area contributed by atoms with Gasteiger partial charge in [0.15, 0.2) is 0 Å². The van der Waals surface area contributed by atoms with E-state index in [9.17, 15) is 4.79 Å². The SMILES string of the molecule is N#CCNC(=O)c1ncc(Br)cc1Br. The van der Waals surface area contributed by atoms with Gasteiger partial charge in [-0.1, -0.05) is 0 Å². The van der Waals surface area contributed by atoms with Gasteiger partial charge in [-0.05, 0) is 37.9 Å². The van der Waals surface area contributed by atoms with Crippen LogP contribution in [0.15, 0.2) is 21.2 Å². The Hall–Kier alpha value is -0.930. The molecular weight excluding hydrogens is 314 g/mol. The molecule has 1 rings (SSSR count). The van der Waals surface area contributed by atoms with Crippen molar-refractivity contribution < 1.29 is 4.79 Å². The molecule has 0 aromatic carbocycles.